The molecule has 0 spiro atoms. The Kier molecular flexibility index (Phi) is 12.3. The third-order valence-electron chi connectivity index (χ3n) is 5.32. The second kappa shape index (κ2) is 14.3. The van der Waals surface area contributed by atoms with Gasteiger partial charge in [-0.25, -0.2) is 0 Å². The molecule has 28 heavy (non-hydrogen) atoms. The highest BCUT2D eigenvalue weighted by molar-refractivity contribution is 5.95. The first-order valence-electron chi connectivity index (χ1n) is 11.1. The fourth-order valence-electron chi connectivity index (χ4n) is 3.66. The Morgan fingerprint density at radius 3 is 1.68 bits per heavy atom. The van der Waals surface area contributed by atoms with E-state index in [9.17, 15) is 19.8 Å². The molecule has 0 fully saturated rings. The van der Waals surface area contributed by atoms with Crippen molar-refractivity contribution in [3.63, 3.8) is 0 Å². The van der Waals surface area contributed by atoms with E-state index in [1.54, 1.807) is 0 Å². The standard InChI is InChI=1S/C23H39NO4/c1-3-4-5-6-7-8-9-10-11-12-13-14-15-16-17-24-18-20(26)22(27)23(28)21(24)19(2)25/h18,26,28H,3-17H2,1-2H3. The lowest BCUT2D eigenvalue weighted by Crippen LogP contribution is -2.16. The van der Waals surface area contributed by atoms with E-state index in [-0.39, 0.29) is 11.5 Å². The molecular weight excluding hydrogens is 354 g/mol. The summed E-state index contributed by atoms with van der Waals surface area (Å²) in [7, 11) is 0. The highest BCUT2D eigenvalue weighted by atomic mass is 16.3. The number of Topliss-reactive ketones (excluding diaryl/α,β-unsaturated/α-hetero) is 1. The molecular formula is C23H39NO4. The van der Waals surface area contributed by atoms with Gasteiger partial charge in [0, 0.05) is 13.5 Å². The van der Waals surface area contributed by atoms with E-state index in [0.29, 0.717) is 6.54 Å². The molecule has 0 aromatic carbocycles. The zero-order valence-corrected chi connectivity index (χ0v) is 17.8. The summed E-state index contributed by atoms with van der Waals surface area (Å²) < 4.78 is 1.49. The summed E-state index contributed by atoms with van der Waals surface area (Å²) in [4.78, 5) is 23.3. The molecule has 0 radical (unpaired) electrons. The minimum atomic E-state index is -0.887. The minimum absolute atomic E-state index is 0.0162. The van der Waals surface area contributed by atoms with Crippen molar-refractivity contribution in [2.24, 2.45) is 0 Å². The van der Waals surface area contributed by atoms with Gasteiger partial charge >= 0.3 is 0 Å². The van der Waals surface area contributed by atoms with E-state index in [2.05, 4.69) is 6.92 Å². The van der Waals surface area contributed by atoms with Gasteiger partial charge in [-0.15, -0.1) is 0 Å². The van der Waals surface area contributed by atoms with Crippen molar-refractivity contribution < 1.29 is 15.0 Å². The van der Waals surface area contributed by atoms with Crippen molar-refractivity contribution in [2.45, 2.75) is 110 Å². The first kappa shape index (κ1) is 24.3. The summed E-state index contributed by atoms with van der Waals surface area (Å²) in [6, 6.07) is 0. The van der Waals surface area contributed by atoms with Gasteiger partial charge in [-0.1, -0.05) is 90.4 Å². The second-order valence-electron chi connectivity index (χ2n) is 7.89. The van der Waals surface area contributed by atoms with Gasteiger partial charge in [0.2, 0.25) is 0 Å². The molecule has 0 aliphatic rings. The summed E-state index contributed by atoms with van der Waals surface area (Å²) in [5.41, 5.74) is -0.903. The lowest BCUT2D eigenvalue weighted by Gasteiger charge is -2.13. The Morgan fingerprint density at radius 1 is 0.821 bits per heavy atom. The van der Waals surface area contributed by atoms with Crippen LogP contribution < -0.4 is 5.43 Å². The van der Waals surface area contributed by atoms with Gasteiger partial charge in [0.05, 0.1) is 6.20 Å². The zero-order chi connectivity index (χ0) is 20.8. The number of aryl methyl sites for hydroxylation is 1. The maximum atomic E-state index is 11.7. The number of hydrogen-bond donors (Lipinski definition) is 2. The van der Waals surface area contributed by atoms with E-state index in [0.717, 1.165) is 19.3 Å². The van der Waals surface area contributed by atoms with Gasteiger partial charge in [0.15, 0.2) is 17.3 Å². The first-order chi connectivity index (χ1) is 13.5. The fourth-order valence-corrected chi connectivity index (χ4v) is 3.66. The SMILES string of the molecule is CCCCCCCCCCCCCCCCn1cc(O)c(=O)c(O)c1C(C)=O. The summed E-state index contributed by atoms with van der Waals surface area (Å²) in [5.74, 6) is -1.55. The van der Waals surface area contributed by atoms with Gasteiger partial charge in [0.1, 0.15) is 5.69 Å². The minimum Gasteiger partial charge on any atom is -0.503 e. The molecule has 0 bridgehead atoms. The zero-order valence-electron chi connectivity index (χ0n) is 17.8. The molecule has 160 valence electrons. The summed E-state index contributed by atoms with van der Waals surface area (Å²) in [6.45, 7) is 4.07. The number of rotatable bonds is 16. The van der Waals surface area contributed by atoms with Crippen molar-refractivity contribution in [3.8, 4) is 11.5 Å². The first-order valence-corrected chi connectivity index (χ1v) is 11.1. The fraction of sp³-hybridized carbons (Fsp3) is 0.739. The van der Waals surface area contributed by atoms with Crippen LogP contribution in [0.3, 0.4) is 0 Å². The van der Waals surface area contributed by atoms with E-state index >= 15 is 0 Å². The normalized spacial score (nSPS) is 11.1. The summed E-state index contributed by atoms with van der Waals surface area (Å²) in [5, 5.41) is 19.4. The number of aromatic nitrogens is 1. The lowest BCUT2D eigenvalue weighted by molar-refractivity contribution is 0.1000. The van der Waals surface area contributed by atoms with Crippen molar-refractivity contribution >= 4 is 5.78 Å². The van der Waals surface area contributed by atoms with Gasteiger partial charge in [-0.05, 0) is 6.42 Å². The van der Waals surface area contributed by atoms with Crippen molar-refractivity contribution in [3.05, 3.63) is 22.1 Å². The number of ketones is 1. The Balaban J connectivity index is 2.12. The van der Waals surface area contributed by atoms with Crippen LogP contribution in [0.4, 0.5) is 0 Å². The lowest BCUT2D eigenvalue weighted by atomic mass is 10.0. The molecule has 2 N–H and O–H groups in total. The average Bonchev–Trinajstić information content (AvgIpc) is 2.66. The average molecular weight is 394 g/mol. The molecule has 0 saturated heterocycles. The van der Waals surface area contributed by atoms with Gasteiger partial charge in [-0.3, -0.25) is 9.59 Å². The molecule has 1 rings (SSSR count). The number of carbonyl (C=O) groups excluding carboxylic acids is 1. The van der Waals surface area contributed by atoms with E-state index < -0.39 is 16.9 Å². The molecule has 1 aromatic rings. The summed E-state index contributed by atoms with van der Waals surface area (Å²) in [6.07, 6.45) is 19.0. The quantitative estimate of drug-likeness (QED) is 0.269. The van der Waals surface area contributed by atoms with Gasteiger partial charge in [0.25, 0.3) is 5.43 Å². The van der Waals surface area contributed by atoms with Crippen molar-refractivity contribution in [1.29, 1.82) is 0 Å². The van der Waals surface area contributed by atoms with E-state index in [1.165, 1.54) is 88.3 Å². The number of nitrogens with zero attached hydrogens (tertiary/aromatic N) is 1. The van der Waals surface area contributed by atoms with Crippen LogP contribution in [0, 0.1) is 0 Å². The molecule has 5 nitrogen and oxygen atoms in total. The Hall–Kier alpha value is -1.78. The van der Waals surface area contributed by atoms with Crippen LogP contribution in [-0.2, 0) is 6.54 Å². The molecule has 0 atom stereocenters. The predicted molar refractivity (Wildman–Crippen MR) is 114 cm³/mol. The predicted octanol–water partition coefficient (Wildman–Crippen LogP) is 5.94. The van der Waals surface area contributed by atoms with Crippen LogP contribution in [-0.4, -0.2) is 20.6 Å². The molecule has 5 heteroatoms. The molecule has 1 heterocycles. The Bertz CT molecular complexity index is 636. The summed E-state index contributed by atoms with van der Waals surface area (Å²) >= 11 is 0. The van der Waals surface area contributed by atoms with Crippen LogP contribution >= 0.6 is 0 Å². The van der Waals surface area contributed by atoms with Crippen molar-refractivity contribution in [1.82, 2.24) is 4.57 Å². The van der Waals surface area contributed by atoms with Crippen molar-refractivity contribution in [2.75, 3.05) is 0 Å². The molecule has 0 aliphatic heterocycles. The Morgan fingerprint density at radius 2 is 1.25 bits per heavy atom. The molecule has 0 amide bonds. The van der Waals surface area contributed by atoms with E-state index in [4.69, 9.17) is 0 Å². The van der Waals surface area contributed by atoms with Gasteiger partial charge in [-0.2, -0.15) is 0 Å². The van der Waals surface area contributed by atoms with Gasteiger partial charge < -0.3 is 14.8 Å². The molecule has 1 aromatic heterocycles. The monoisotopic (exact) mass is 393 g/mol. The maximum absolute atomic E-state index is 11.7. The third kappa shape index (κ3) is 8.94. The van der Waals surface area contributed by atoms with Crippen LogP contribution in [0.1, 0.15) is 114 Å². The number of unbranched alkanes of at least 4 members (excludes halogenated alkanes) is 13. The smallest absolute Gasteiger partial charge is 0.265 e. The maximum Gasteiger partial charge on any atom is 0.265 e. The highest BCUT2D eigenvalue weighted by Gasteiger charge is 2.17. The Labute approximate surface area is 169 Å². The van der Waals surface area contributed by atoms with Crippen LogP contribution in [0.25, 0.3) is 0 Å². The second-order valence-corrected chi connectivity index (χ2v) is 7.89. The number of pyridine rings is 1. The van der Waals surface area contributed by atoms with E-state index in [1.807, 2.05) is 0 Å². The largest absolute Gasteiger partial charge is 0.503 e. The number of carbonyl (C=O) groups is 1. The highest BCUT2D eigenvalue weighted by Crippen LogP contribution is 2.19. The van der Waals surface area contributed by atoms with Crippen LogP contribution in [0.2, 0.25) is 0 Å². The number of aromatic hydroxyl groups is 2. The molecule has 0 saturated carbocycles. The molecule has 0 aliphatic carbocycles. The van der Waals surface area contributed by atoms with Crippen LogP contribution in [0.5, 0.6) is 11.5 Å². The number of hydrogen-bond acceptors (Lipinski definition) is 4. The van der Waals surface area contributed by atoms with Crippen LogP contribution in [0.15, 0.2) is 11.0 Å². The topological polar surface area (TPSA) is 79.5 Å². The third-order valence-corrected chi connectivity index (χ3v) is 5.32. The molecule has 0 unspecified atom stereocenters.